The van der Waals surface area contributed by atoms with Crippen LogP contribution in [0.15, 0.2) is 36.9 Å². The number of nitro groups is 1. The molecule has 0 saturated carbocycles. The maximum atomic E-state index is 10.8. The smallest absolute Gasteiger partial charge is 0.310 e. The summed E-state index contributed by atoms with van der Waals surface area (Å²) in [6.45, 7) is 0.766. The molecule has 7 heteroatoms. The maximum absolute atomic E-state index is 10.8. The van der Waals surface area contributed by atoms with E-state index in [0.717, 1.165) is 0 Å². The summed E-state index contributed by atoms with van der Waals surface area (Å²) in [6, 6.07) is 4.00. The van der Waals surface area contributed by atoms with Gasteiger partial charge >= 0.3 is 5.69 Å². The Balaban J connectivity index is 2.08. The van der Waals surface area contributed by atoms with Crippen molar-refractivity contribution in [1.82, 2.24) is 9.55 Å². The molecule has 0 saturated heterocycles. The third-order valence-corrected chi connectivity index (χ3v) is 2.48. The molecule has 7 nitrogen and oxygen atoms in total. The molecule has 0 aliphatic heterocycles. The highest BCUT2D eigenvalue weighted by Crippen LogP contribution is 2.27. The van der Waals surface area contributed by atoms with Crippen molar-refractivity contribution in [3.05, 3.63) is 52.6 Å². The van der Waals surface area contributed by atoms with E-state index in [2.05, 4.69) is 4.98 Å². The van der Waals surface area contributed by atoms with Crippen LogP contribution < -0.4 is 4.74 Å². The quantitative estimate of drug-likeness (QED) is 0.448. The number of carbonyl (C=O) groups excluding carboxylic acids is 1. The Kier molecular flexibility index (Phi) is 3.87. The van der Waals surface area contributed by atoms with E-state index < -0.39 is 4.92 Å². The van der Waals surface area contributed by atoms with Gasteiger partial charge in [-0.1, -0.05) is 0 Å². The van der Waals surface area contributed by atoms with Crippen molar-refractivity contribution >= 4 is 12.0 Å². The van der Waals surface area contributed by atoms with Crippen LogP contribution in [0.3, 0.4) is 0 Å². The molecular weight excluding hydrogens is 250 g/mol. The van der Waals surface area contributed by atoms with Crippen LogP contribution in [0.25, 0.3) is 0 Å². The van der Waals surface area contributed by atoms with Gasteiger partial charge in [0.15, 0.2) is 5.75 Å². The summed E-state index contributed by atoms with van der Waals surface area (Å²) in [4.78, 5) is 24.8. The van der Waals surface area contributed by atoms with Crippen molar-refractivity contribution < 1.29 is 14.5 Å². The zero-order valence-electron chi connectivity index (χ0n) is 9.93. The van der Waals surface area contributed by atoms with Gasteiger partial charge in [0.25, 0.3) is 0 Å². The van der Waals surface area contributed by atoms with Gasteiger partial charge in [0.1, 0.15) is 12.9 Å². The Hall–Kier alpha value is -2.70. The van der Waals surface area contributed by atoms with E-state index in [1.54, 1.807) is 23.3 Å². The fourth-order valence-corrected chi connectivity index (χ4v) is 1.55. The summed E-state index contributed by atoms with van der Waals surface area (Å²) >= 11 is 0. The Morgan fingerprint density at radius 2 is 2.32 bits per heavy atom. The van der Waals surface area contributed by atoms with Crippen LogP contribution in [0.1, 0.15) is 10.4 Å². The number of aromatic nitrogens is 2. The number of aldehydes is 1. The Bertz CT molecular complexity index is 581. The number of ether oxygens (including phenoxy) is 1. The number of nitrogens with zero attached hydrogens (tertiary/aromatic N) is 3. The third-order valence-electron chi connectivity index (χ3n) is 2.48. The van der Waals surface area contributed by atoms with Crippen LogP contribution in [0.4, 0.5) is 5.69 Å². The number of benzene rings is 1. The molecule has 0 aliphatic carbocycles. The molecule has 0 radical (unpaired) electrons. The fourth-order valence-electron chi connectivity index (χ4n) is 1.55. The number of nitro benzene ring substituents is 1. The van der Waals surface area contributed by atoms with Gasteiger partial charge in [-0.3, -0.25) is 14.9 Å². The first-order chi connectivity index (χ1) is 9.20. The number of hydrogen-bond acceptors (Lipinski definition) is 5. The van der Waals surface area contributed by atoms with E-state index >= 15 is 0 Å². The molecule has 2 aromatic rings. The van der Waals surface area contributed by atoms with Gasteiger partial charge < -0.3 is 9.30 Å². The molecule has 0 amide bonds. The average molecular weight is 261 g/mol. The van der Waals surface area contributed by atoms with Gasteiger partial charge in [-0.05, 0) is 12.1 Å². The lowest BCUT2D eigenvalue weighted by Gasteiger charge is -2.07. The molecule has 0 atom stereocenters. The molecule has 1 aromatic heterocycles. The monoisotopic (exact) mass is 261 g/mol. The zero-order valence-corrected chi connectivity index (χ0v) is 9.93. The Morgan fingerprint density at radius 3 is 2.95 bits per heavy atom. The second kappa shape index (κ2) is 5.76. The molecule has 0 unspecified atom stereocenters. The summed E-state index contributed by atoms with van der Waals surface area (Å²) in [5, 5.41) is 10.8. The molecule has 0 aliphatic rings. The van der Waals surface area contributed by atoms with Crippen molar-refractivity contribution in [1.29, 1.82) is 0 Å². The van der Waals surface area contributed by atoms with Crippen LogP contribution in [0, 0.1) is 10.1 Å². The van der Waals surface area contributed by atoms with Crippen molar-refractivity contribution in [2.75, 3.05) is 6.61 Å². The second-order valence-corrected chi connectivity index (χ2v) is 3.75. The van der Waals surface area contributed by atoms with Gasteiger partial charge in [-0.15, -0.1) is 0 Å². The fraction of sp³-hybridized carbons (Fsp3) is 0.167. The predicted octanol–water partition coefficient (Wildman–Crippen LogP) is 1.68. The first kappa shape index (κ1) is 12.7. The predicted molar refractivity (Wildman–Crippen MR) is 66.2 cm³/mol. The van der Waals surface area contributed by atoms with Crippen molar-refractivity contribution in [3.8, 4) is 5.75 Å². The largest absolute Gasteiger partial charge is 0.485 e. The summed E-state index contributed by atoms with van der Waals surface area (Å²) < 4.78 is 7.15. The molecule has 1 heterocycles. The van der Waals surface area contributed by atoms with E-state index in [4.69, 9.17) is 4.74 Å². The first-order valence-electron chi connectivity index (χ1n) is 5.53. The maximum Gasteiger partial charge on any atom is 0.310 e. The molecule has 0 spiro atoms. The number of hydrogen-bond donors (Lipinski definition) is 0. The Morgan fingerprint density at radius 1 is 1.47 bits per heavy atom. The standard InChI is InChI=1S/C12H11N3O4/c16-8-10-1-2-11(15(17)18)12(7-10)19-6-5-14-4-3-13-9-14/h1-4,7-9H,5-6H2. The van der Waals surface area contributed by atoms with Gasteiger partial charge in [0.2, 0.25) is 0 Å². The van der Waals surface area contributed by atoms with E-state index in [1.165, 1.54) is 18.2 Å². The van der Waals surface area contributed by atoms with Crippen molar-refractivity contribution in [3.63, 3.8) is 0 Å². The van der Waals surface area contributed by atoms with E-state index in [0.29, 0.717) is 18.4 Å². The van der Waals surface area contributed by atoms with Crippen molar-refractivity contribution in [2.24, 2.45) is 0 Å². The van der Waals surface area contributed by atoms with Gasteiger partial charge in [0, 0.05) is 24.0 Å². The van der Waals surface area contributed by atoms with Crippen LogP contribution >= 0.6 is 0 Å². The third kappa shape index (κ3) is 3.15. The molecule has 0 bridgehead atoms. The minimum atomic E-state index is -0.541. The van der Waals surface area contributed by atoms with Crippen LogP contribution in [-0.4, -0.2) is 27.4 Å². The molecule has 1 aromatic carbocycles. The average Bonchev–Trinajstić information content (AvgIpc) is 2.91. The lowest BCUT2D eigenvalue weighted by molar-refractivity contribution is -0.385. The van der Waals surface area contributed by atoms with Crippen LogP contribution in [-0.2, 0) is 6.54 Å². The van der Waals surface area contributed by atoms with E-state index in [9.17, 15) is 14.9 Å². The lowest BCUT2D eigenvalue weighted by atomic mass is 10.2. The summed E-state index contributed by atoms with van der Waals surface area (Å²) in [6.07, 6.45) is 5.64. The summed E-state index contributed by atoms with van der Waals surface area (Å²) in [7, 11) is 0. The second-order valence-electron chi connectivity index (χ2n) is 3.75. The molecular formula is C12H11N3O4. The normalized spacial score (nSPS) is 10.1. The van der Waals surface area contributed by atoms with Crippen molar-refractivity contribution in [2.45, 2.75) is 6.54 Å². The number of imidazole rings is 1. The van der Waals surface area contributed by atoms with Gasteiger partial charge in [-0.25, -0.2) is 4.98 Å². The topological polar surface area (TPSA) is 87.3 Å². The highest BCUT2D eigenvalue weighted by atomic mass is 16.6. The molecule has 2 rings (SSSR count). The highest BCUT2D eigenvalue weighted by Gasteiger charge is 2.15. The lowest BCUT2D eigenvalue weighted by Crippen LogP contribution is -2.07. The SMILES string of the molecule is O=Cc1ccc([N+](=O)[O-])c(OCCn2ccnc2)c1. The molecule has 0 N–H and O–H groups in total. The van der Waals surface area contributed by atoms with E-state index in [-0.39, 0.29) is 18.0 Å². The molecule has 0 fully saturated rings. The van der Waals surface area contributed by atoms with Gasteiger partial charge in [0.05, 0.1) is 17.8 Å². The minimum Gasteiger partial charge on any atom is -0.485 e. The first-order valence-corrected chi connectivity index (χ1v) is 5.53. The molecule has 98 valence electrons. The summed E-state index contributed by atoms with van der Waals surface area (Å²) in [5.41, 5.74) is 0.180. The van der Waals surface area contributed by atoms with E-state index in [1.807, 2.05) is 0 Å². The summed E-state index contributed by atoms with van der Waals surface area (Å²) in [5.74, 6) is 0.0923. The number of carbonyl (C=O) groups is 1. The minimum absolute atomic E-state index is 0.0923. The van der Waals surface area contributed by atoms with Gasteiger partial charge in [-0.2, -0.15) is 0 Å². The highest BCUT2D eigenvalue weighted by molar-refractivity contribution is 5.76. The number of rotatable bonds is 6. The Labute approximate surface area is 108 Å². The zero-order chi connectivity index (χ0) is 13.7. The molecule has 19 heavy (non-hydrogen) atoms. The van der Waals surface area contributed by atoms with Crippen LogP contribution in [0.5, 0.6) is 5.75 Å². The van der Waals surface area contributed by atoms with Crippen LogP contribution in [0.2, 0.25) is 0 Å².